The molecule has 88 valence electrons. The van der Waals surface area contributed by atoms with E-state index < -0.39 is 5.97 Å². The Labute approximate surface area is 101 Å². The summed E-state index contributed by atoms with van der Waals surface area (Å²) >= 11 is 0. The predicted octanol–water partition coefficient (Wildman–Crippen LogP) is 3.49. The van der Waals surface area contributed by atoms with Crippen molar-refractivity contribution >= 4 is 16.7 Å². The van der Waals surface area contributed by atoms with E-state index >= 15 is 0 Å². The summed E-state index contributed by atoms with van der Waals surface area (Å²) < 4.78 is 0. The summed E-state index contributed by atoms with van der Waals surface area (Å²) in [7, 11) is 0. The number of carboxylic acids is 1. The molecule has 0 aliphatic rings. The standard InChI is InChI=1S/C15H16O2/c1-11(10-15(16)17)9-13-7-4-6-12-5-2-3-8-14(12)13/h2-8,11H,9-10H2,1H3,(H,16,17). The van der Waals surface area contributed by atoms with E-state index in [0.717, 1.165) is 6.42 Å². The SMILES string of the molecule is CC(CC(=O)O)Cc1cccc2ccccc12. The van der Waals surface area contributed by atoms with Gasteiger partial charge in [0.25, 0.3) is 0 Å². The molecule has 0 radical (unpaired) electrons. The van der Waals surface area contributed by atoms with E-state index in [-0.39, 0.29) is 12.3 Å². The van der Waals surface area contributed by atoms with Crippen LogP contribution in [0.25, 0.3) is 10.8 Å². The summed E-state index contributed by atoms with van der Waals surface area (Å²) in [5.41, 5.74) is 1.23. The van der Waals surface area contributed by atoms with Crippen LogP contribution in [0, 0.1) is 5.92 Å². The van der Waals surface area contributed by atoms with E-state index in [1.54, 1.807) is 0 Å². The third kappa shape index (κ3) is 2.84. The van der Waals surface area contributed by atoms with Crippen molar-refractivity contribution < 1.29 is 9.90 Å². The van der Waals surface area contributed by atoms with Crippen LogP contribution in [0.2, 0.25) is 0 Å². The number of aliphatic carboxylic acids is 1. The minimum absolute atomic E-state index is 0.165. The van der Waals surface area contributed by atoms with Gasteiger partial charge in [0.1, 0.15) is 0 Å². The number of carbonyl (C=O) groups is 1. The number of hydrogen-bond acceptors (Lipinski definition) is 1. The van der Waals surface area contributed by atoms with Crippen LogP contribution >= 0.6 is 0 Å². The fraction of sp³-hybridized carbons (Fsp3) is 0.267. The lowest BCUT2D eigenvalue weighted by molar-refractivity contribution is -0.137. The van der Waals surface area contributed by atoms with Gasteiger partial charge in [0.05, 0.1) is 0 Å². The Hall–Kier alpha value is -1.83. The minimum atomic E-state index is -0.724. The molecular formula is C15H16O2. The van der Waals surface area contributed by atoms with Gasteiger partial charge in [0.15, 0.2) is 0 Å². The van der Waals surface area contributed by atoms with E-state index in [2.05, 4.69) is 24.3 Å². The Kier molecular flexibility index (Phi) is 3.43. The number of fused-ring (bicyclic) bond motifs is 1. The number of benzene rings is 2. The van der Waals surface area contributed by atoms with Gasteiger partial charge in [-0.3, -0.25) is 4.79 Å². The topological polar surface area (TPSA) is 37.3 Å². The molecule has 1 atom stereocenters. The molecule has 1 N–H and O–H groups in total. The summed E-state index contributed by atoms with van der Waals surface area (Å²) in [6, 6.07) is 14.4. The monoisotopic (exact) mass is 228 g/mol. The van der Waals surface area contributed by atoms with E-state index in [4.69, 9.17) is 5.11 Å². The summed E-state index contributed by atoms with van der Waals surface area (Å²) in [5.74, 6) is -0.559. The Morgan fingerprint density at radius 3 is 2.65 bits per heavy atom. The lowest BCUT2D eigenvalue weighted by Gasteiger charge is -2.11. The van der Waals surface area contributed by atoms with Gasteiger partial charge in [-0.15, -0.1) is 0 Å². The molecule has 2 nitrogen and oxygen atoms in total. The maximum atomic E-state index is 10.7. The summed E-state index contributed by atoms with van der Waals surface area (Å²) in [6.07, 6.45) is 1.04. The molecule has 2 rings (SSSR count). The molecular weight excluding hydrogens is 212 g/mol. The molecule has 0 amide bonds. The first-order valence-corrected chi connectivity index (χ1v) is 5.85. The zero-order valence-corrected chi connectivity index (χ0v) is 9.89. The Balaban J connectivity index is 2.26. The molecule has 0 spiro atoms. The van der Waals surface area contributed by atoms with E-state index in [9.17, 15) is 4.79 Å². The maximum absolute atomic E-state index is 10.7. The average molecular weight is 228 g/mol. The van der Waals surface area contributed by atoms with Crippen LogP contribution in [0.15, 0.2) is 42.5 Å². The van der Waals surface area contributed by atoms with Crippen molar-refractivity contribution in [3.8, 4) is 0 Å². The highest BCUT2D eigenvalue weighted by molar-refractivity contribution is 5.85. The lowest BCUT2D eigenvalue weighted by Crippen LogP contribution is -2.07. The molecule has 0 heterocycles. The van der Waals surface area contributed by atoms with Crippen molar-refractivity contribution in [3.63, 3.8) is 0 Å². The van der Waals surface area contributed by atoms with Gasteiger partial charge < -0.3 is 5.11 Å². The predicted molar refractivity (Wildman–Crippen MR) is 69.1 cm³/mol. The highest BCUT2D eigenvalue weighted by Gasteiger charge is 2.10. The van der Waals surface area contributed by atoms with E-state index in [1.165, 1.54) is 16.3 Å². The van der Waals surface area contributed by atoms with Gasteiger partial charge in [-0.25, -0.2) is 0 Å². The lowest BCUT2D eigenvalue weighted by atomic mass is 9.94. The molecule has 0 aliphatic heterocycles. The van der Waals surface area contributed by atoms with Crippen molar-refractivity contribution in [2.24, 2.45) is 5.92 Å². The Morgan fingerprint density at radius 2 is 1.88 bits per heavy atom. The van der Waals surface area contributed by atoms with Crippen LogP contribution < -0.4 is 0 Å². The van der Waals surface area contributed by atoms with Crippen LogP contribution in [-0.4, -0.2) is 11.1 Å². The first kappa shape index (κ1) is 11.6. The third-order valence-electron chi connectivity index (χ3n) is 2.97. The molecule has 1 unspecified atom stereocenters. The second-order valence-corrected chi connectivity index (χ2v) is 4.55. The minimum Gasteiger partial charge on any atom is -0.481 e. The quantitative estimate of drug-likeness (QED) is 0.869. The van der Waals surface area contributed by atoms with Crippen molar-refractivity contribution in [2.75, 3.05) is 0 Å². The van der Waals surface area contributed by atoms with Crippen molar-refractivity contribution in [3.05, 3.63) is 48.0 Å². The van der Waals surface area contributed by atoms with Crippen LogP contribution in [0.1, 0.15) is 18.9 Å². The molecule has 2 aromatic rings. The van der Waals surface area contributed by atoms with Gasteiger partial charge in [-0.05, 0) is 28.7 Å². The zero-order chi connectivity index (χ0) is 12.3. The average Bonchev–Trinajstić information content (AvgIpc) is 2.28. The van der Waals surface area contributed by atoms with Crippen molar-refractivity contribution in [2.45, 2.75) is 19.8 Å². The highest BCUT2D eigenvalue weighted by atomic mass is 16.4. The number of carboxylic acid groups (broad SMARTS) is 1. The van der Waals surface area contributed by atoms with Gasteiger partial charge >= 0.3 is 5.97 Å². The van der Waals surface area contributed by atoms with Gasteiger partial charge in [0, 0.05) is 6.42 Å². The molecule has 0 fully saturated rings. The number of rotatable bonds is 4. The molecule has 0 aliphatic carbocycles. The van der Waals surface area contributed by atoms with Crippen LogP contribution in [-0.2, 0) is 11.2 Å². The fourth-order valence-electron chi connectivity index (χ4n) is 2.22. The summed E-state index contributed by atoms with van der Waals surface area (Å²) in [4.78, 5) is 10.7. The largest absolute Gasteiger partial charge is 0.481 e. The smallest absolute Gasteiger partial charge is 0.303 e. The molecule has 17 heavy (non-hydrogen) atoms. The van der Waals surface area contributed by atoms with E-state index in [0.29, 0.717) is 0 Å². The molecule has 0 saturated carbocycles. The van der Waals surface area contributed by atoms with Crippen molar-refractivity contribution in [1.29, 1.82) is 0 Å². The third-order valence-corrected chi connectivity index (χ3v) is 2.97. The summed E-state index contributed by atoms with van der Waals surface area (Å²) in [6.45, 7) is 1.98. The Bertz CT molecular complexity index is 526. The van der Waals surface area contributed by atoms with Gasteiger partial charge in [-0.1, -0.05) is 49.4 Å². The van der Waals surface area contributed by atoms with E-state index in [1.807, 2.05) is 25.1 Å². The molecule has 0 bridgehead atoms. The second-order valence-electron chi connectivity index (χ2n) is 4.55. The Morgan fingerprint density at radius 1 is 1.18 bits per heavy atom. The molecule has 0 saturated heterocycles. The first-order chi connectivity index (χ1) is 8.16. The molecule has 2 aromatic carbocycles. The number of hydrogen-bond donors (Lipinski definition) is 1. The zero-order valence-electron chi connectivity index (χ0n) is 9.89. The maximum Gasteiger partial charge on any atom is 0.303 e. The van der Waals surface area contributed by atoms with Gasteiger partial charge in [0.2, 0.25) is 0 Å². The van der Waals surface area contributed by atoms with Crippen LogP contribution in [0.5, 0.6) is 0 Å². The normalized spacial score (nSPS) is 12.5. The molecule has 2 heteroatoms. The fourth-order valence-corrected chi connectivity index (χ4v) is 2.22. The van der Waals surface area contributed by atoms with Gasteiger partial charge in [-0.2, -0.15) is 0 Å². The second kappa shape index (κ2) is 5.00. The molecule has 0 aromatic heterocycles. The highest BCUT2D eigenvalue weighted by Crippen LogP contribution is 2.22. The van der Waals surface area contributed by atoms with Crippen LogP contribution in [0.3, 0.4) is 0 Å². The van der Waals surface area contributed by atoms with Crippen LogP contribution in [0.4, 0.5) is 0 Å². The summed E-state index contributed by atoms with van der Waals surface area (Å²) in [5, 5.41) is 11.2. The van der Waals surface area contributed by atoms with Crippen molar-refractivity contribution in [1.82, 2.24) is 0 Å². The first-order valence-electron chi connectivity index (χ1n) is 5.85.